The summed E-state index contributed by atoms with van der Waals surface area (Å²) in [5.41, 5.74) is 0. The standard InChI is InChI=1S/C14H26N6O/c1-3-15-12-17-13(16-8-7-11(2)21)19-14(18-12)20-9-5-4-6-10-20/h11,21H,3-10H2,1-2H3,(H2,15,16,17,18,19). The predicted octanol–water partition coefficient (Wildman–Crippen LogP) is 1.48. The fourth-order valence-electron chi connectivity index (χ4n) is 2.31. The maximum atomic E-state index is 9.31. The molecule has 0 aromatic carbocycles. The van der Waals surface area contributed by atoms with Crippen LogP contribution in [0.2, 0.25) is 0 Å². The van der Waals surface area contributed by atoms with E-state index in [1.165, 1.54) is 19.3 Å². The zero-order valence-electron chi connectivity index (χ0n) is 13.0. The van der Waals surface area contributed by atoms with Crippen molar-refractivity contribution >= 4 is 17.8 Å². The molecule has 1 fully saturated rings. The van der Waals surface area contributed by atoms with Crippen molar-refractivity contribution in [2.45, 2.75) is 45.6 Å². The largest absolute Gasteiger partial charge is 0.393 e. The van der Waals surface area contributed by atoms with Gasteiger partial charge in [-0.25, -0.2) is 0 Å². The van der Waals surface area contributed by atoms with Gasteiger partial charge in [0.2, 0.25) is 17.8 Å². The van der Waals surface area contributed by atoms with Crippen LogP contribution in [0.4, 0.5) is 17.8 Å². The molecule has 1 atom stereocenters. The quantitative estimate of drug-likeness (QED) is 0.702. The number of nitrogens with one attached hydrogen (secondary N) is 2. The zero-order valence-corrected chi connectivity index (χ0v) is 13.0. The van der Waals surface area contributed by atoms with Gasteiger partial charge in [0.05, 0.1) is 6.10 Å². The number of hydrogen-bond acceptors (Lipinski definition) is 7. The summed E-state index contributed by atoms with van der Waals surface area (Å²) in [5, 5.41) is 15.6. The van der Waals surface area contributed by atoms with Gasteiger partial charge in [-0.3, -0.25) is 0 Å². The van der Waals surface area contributed by atoms with Crippen molar-refractivity contribution in [2.24, 2.45) is 0 Å². The van der Waals surface area contributed by atoms with Crippen molar-refractivity contribution in [1.82, 2.24) is 15.0 Å². The normalized spacial score (nSPS) is 16.6. The van der Waals surface area contributed by atoms with Gasteiger partial charge in [0.1, 0.15) is 0 Å². The van der Waals surface area contributed by atoms with E-state index in [4.69, 9.17) is 0 Å². The Balaban J connectivity index is 2.09. The molecule has 3 N–H and O–H groups in total. The molecule has 1 aliphatic rings. The number of aliphatic hydroxyl groups excluding tert-OH is 1. The highest BCUT2D eigenvalue weighted by molar-refractivity contribution is 5.44. The molecule has 2 heterocycles. The molecule has 7 nitrogen and oxygen atoms in total. The first-order chi connectivity index (χ1) is 10.2. The van der Waals surface area contributed by atoms with E-state index in [0.717, 1.165) is 25.6 Å². The van der Waals surface area contributed by atoms with Crippen LogP contribution in [0.25, 0.3) is 0 Å². The molecule has 0 saturated carbocycles. The highest BCUT2D eigenvalue weighted by Gasteiger charge is 2.16. The second kappa shape index (κ2) is 7.97. The first kappa shape index (κ1) is 15.8. The van der Waals surface area contributed by atoms with Crippen molar-refractivity contribution in [1.29, 1.82) is 0 Å². The number of piperidine rings is 1. The second-order valence-electron chi connectivity index (χ2n) is 5.43. The van der Waals surface area contributed by atoms with E-state index in [0.29, 0.717) is 24.9 Å². The fraction of sp³-hybridized carbons (Fsp3) is 0.786. The molecular formula is C14H26N6O. The first-order valence-electron chi connectivity index (χ1n) is 7.86. The van der Waals surface area contributed by atoms with Crippen molar-refractivity contribution < 1.29 is 5.11 Å². The van der Waals surface area contributed by atoms with E-state index in [1.807, 2.05) is 6.92 Å². The Morgan fingerprint density at radius 3 is 2.38 bits per heavy atom. The van der Waals surface area contributed by atoms with Gasteiger partial charge in [-0.05, 0) is 39.5 Å². The van der Waals surface area contributed by atoms with Crippen LogP contribution in [-0.4, -0.2) is 52.3 Å². The fourth-order valence-corrected chi connectivity index (χ4v) is 2.31. The summed E-state index contributed by atoms with van der Waals surface area (Å²) in [7, 11) is 0. The van der Waals surface area contributed by atoms with Crippen LogP contribution in [-0.2, 0) is 0 Å². The second-order valence-corrected chi connectivity index (χ2v) is 5.43. The van der Waals surface area contributed by atoms with Crippen LogP contribution in [0.3, 0.4) is 0 Å². The highest BCUT2D eigenvalue weighted by Crippen LogP contribution is 2.18. The highest BCUT2D eigenvalue weighted by atomic mass is 16.3. The number of anilines is 3. The molecule has 1 saturated heterocycles. The first-order valence-corrected chi connectivity index (χ1v) is 7.86. The molecule has 0 spiro atoms. The number of aromatic nitrogens is 3. The summed E-state index contributed by atoms with van der Waals surface area (Å²) >= 11 is 0. The van der Waals surface area contributed by atoms with Gasteiger partial charge in [-0.1, -0.05) is 0 Å². The Kier molecular flexibility index (Phi) is 5.98. The molecule has 118 valence electrons. The molecule has 2 rings (SSSR count). The number of hydrogen-bond donors (Lipinski definition) is 3. The van der Waals surface area contributed by atoms with E-state index < -0.39 is 0 Å². The summed E-state index contributed by atoms with van der Waals surface area (Å²) in [6.45, 7) is 7.22. The van der Waals surface area contributed by atoms with Gasteiger partial charge in [-0.15, -0.1) is 0 Å². The molecular weight excluding hydrogens is 268 g/mol. The monoisotopic (exact) mass is 294 g/mol. The molecule has 0 bridgehead atoms. The Morgan fingerprint density at radius 2 is 1.76 bits per heavy atom. The summed E-state index contributed by atoms with van der Waals surface area (Å²) in [5.74, 6) is 1.91. The molecule has 1 aromatic rings. The molecule has 0 amide bonds. The third-order valence-electron chi connectivity index (χ3n) is 3.44. The van der Waals surface area contributed by atoms with Crippen LogP contribution < -0.4 is 15.5 Å². The summed E-state index contributed by atoms with van der Waals surface area (Å²) in [4.78, 5) is 15.6. The Hall–Kier alpha value is -1.63. The van der Waals surface area contributed by atoms with E-state index >= 15 is 0 Å². The van der Waals surface area contributed by atoms with E-state index in [2.05, 4.69) is 30.5 Å². The number of nitrogens with zero attached hydrogens (tertiary/aromatic N) is 4. The zero-order chi connectivity index (χ0) is 15.1. The SMILES string of the molecule is CCNc1nc(NCCC(C)O)nc(N2CCCCC2)n1. The Bertz CT molecular complexity index is 433. The van der Waals surface area contributed by atoms with Crippen LogP contribution in [0.5, 0.6) is 0 Å². The Morgan fingerprint density at radius 1 is 1.10 bits per heavy atom. The lowest BCUT2D eigenvalue weighted by Crippen LogP contribution is -2.31. The minimum absolute atomic E-state index is 0.325. The molecule has 1 aromatic heterocycles. The van der Waals surface area contributed by atoms with Gasteiger partial charge >= 0.3 is 0 Å². The molecule has 1 unspecified atom stereocenters. The minimum atomic E-state index is -0.325. The van der Waals surface area contributed by atoms with Crippen molar-refractivity contribution in [3.8, 4) is 0 Å². The lowest BCUT2D eigenvalue weighted by Gasteiger charge is -2.27. The molecule has 0 aliphatic carbocycles. The number of rotatable bonds is 7. The van der Waals surface area contributed by atoms with Crippen LogP contribution in [0.1, 0.15) is 39.5 Å². The third kappa shape index (κ3) is 5.00. The molecule has 21 heavy (non-hydrogen) atoms. The smallest absolute Gasteiger partial charge is 0.231 e. The van der Waals surface area contributed by atoms with Gasteiger partial charge in [0.25, 0.3) is 0 Å². The average Bonchev–Trinajstić information content (AvgIpc) is 2.48. The van der Waals surface area contributed by atoms with Crippen molar-refractivity contribution in [3.05, 3.63) is 0 Å². The molecule has 1 aliphatic heterocycles. The summed E-state index contributed by atoms with van der Waals surface area (Å²) < 4.78 is 0. The van der Waals surface area contributed by atoms with E-state index in [-0.39, 0.29) is 6.10 Å². The van der Waals surface area contributed by atoms with Crippen molar-refractivity contribution in [2.75, 3.05) is 41.7 Å². The van der Waals surface area contributed by atoms with E-state index in [1.54, 1.807) is 6.92 Å². The van der Waals surface area contributed by atoms with Crippen LogP contribution >= 0.6 is 0 Å². The van der Waals surface area contributed by atoms with Gasteiger partial charge in [-0.2, -0.15) is 15.0 Å². The minimum Gasteiger partial charge on any atom is -0.393 e. The summed E-state index contributed by atoms with van der Waals surface area (Å²) in [6, 6.07) is 0. The molecule has 0 radical (unpaired) electrons. The predicted molar refractivity (Wildman–Crippen MR) is 84.8 cm³/mol. The van der Waals surface area contributed by atoms with Crippen LogP contribution in [0.15, 0.2) is 0 Å². The lowest BCUT2D eigenvalue weighted by atomic mass is 10.1. The maximum absolute atomic E-state index is 9.31. The van der Waals surface area contributed by atoms with Gasteiger partial charge < -0.3 is 20.6 Å². The average molecular weight is 294 g/mol. The van der Waals surface area contributed by atoms with E-state index in [9.17, 15) is 5.11 Å². The van der Waals surface area contributed by atoms with Crippen molar-refractivity contribution in [3.63, 3.8) is 0 Å². The van der Waals surface area contributed by atoms with Gasteiger partial charge in [0, 0.05) is 26.2 Å². The maximum Gasteiger partial charge on any atom is 0.231 e. The third-order valence-corrected chi connectivity index (χ3v) is 3.44. The Labute approximate surface area is 126 Å². The van der Waals surface area contributed by atoms with Crippen LogP contribution in [0, 0.1) is 0 Å². The van der Waals surface area contributed by atoms with Gasteiger partial charge in [0.15, 0.2) is 0 Å². The summed E-state index contributed by atoms with van der Waals surface area (Å²) in [6.07, 6.45) is 4.00. The topological polar surface area (TPSA) is 86.2 Å². The molecule has 7 heteroatoms. The number of aliphatic hydroxyl groups is 1. The lowest BCUT2D eigenvalue weighted by molar-refractivity contribution is 0.188.